The number of likely N-dealkylation sites (N-methyl/N-ethyl adjacent to an activating group) is 1. The van der Waals surface area contributed by atoms with Gasteiger partial charge in [-0.3, -0.25) is 14.5 Å². The summed E-state index contributed by atoms with van der Waals surface area (Å²) in [7, 11) is 2.07. The summed E-state index contributed by atoms with van der Waals surface area (Å²) in [5.74, 6) is -1.68. The van der Waals surface area contributed by atoms with Crippen LogP contribution in [0.15, 0.2) is 42.5 Å². The standard InChI is InChI=1S/C23H29FN4O2/c1-16-4-9-20(17(2)14-16)26-23(30)22(29)25-15-21(18-5-7-19(24)8-6-18)28-12-10-27(3)11-13-28/h4-9,14,21H,10-13,15H2,1-3H3,(H,25,29)(H,26,30). The molecule has 0 saturated carbocycles. The molecule has 6 nitrogen and oxygen atoms in total. The summed E-state index contributed by atoms with van der Waals surface area (Å²) in [5, 5.41) is 5.43. The van der Waals surface area contributed by atoms with Crippen molar-refractivity contribution in [3.63, 3.8) is 0 Å². The SMILES string of the molecule is Cc1ccc(NC(=O)C(=O)NCC(c2ccc(F)cc2)N2CCN(C)CC2)c(C)c1. The number of aryl methyl sites for hydroxylation is 2. The van der Waals surface area contributed by atoms with Crippen LogP contribution in [-0.4, -0.2) is 61.4 Å². The third-order valence-corrected chi connectivity index (χ3v) is 5.53. The fraction of sp³-hybridized carbons (Fsp3) is 0.391. The van der Waals surface area contributed by atoms with Gasteiger partial charge in [0.25, 0.3) is 0 Å². The van der Waals surface area contributed by atoms with Crippen molar-refractivity contribution in [3.05, 3.63) is 65.0 Å². The number of hydrogen-bond donors (Lipinski definition) is 2. The highest BCUT2D eigenvalue weighted by atomic mass is 19.1. The summed E-state index contributed by atoms with van der Waals surface area (Å²) >= 11 is 0. The quantitative estimate of drug-likeness (QED) is 0.741. The molecule has 2 amide bonds. The number of piperazine rings is 1. The van der Waals surface area contributed by atoms with E-state index in [4.69, 9.17) is 0 Å². The van der Waals surface area contributed by atoms with Crippen LogP contribution in [0, 0.1) is 19.7 Å². The number of anilines is 1. The van der Waals surface area contributed by atoms with E-state index in [1.54, 1.807) is 18.2 Å². The van der Waals surface area contributed by atoms with Crippen LogP contribution < -0.4 is 10.6 Å². The largest absolute Gasteiger partial charge is 0.346 e. The number of nitrogens with one attached hydrogen (secondary N) is 2. The third kappa shape index (κ3) is 5.64. The lowest BCUT2D eigenvalue weighted by molar-refractivity contribution is -0.136. The van der Waals surface area contributed by atoms with Gasteiger partial charge in [-0.15, -0.1) is 0 Å². The van der Waals surface area contributed by atoms with Crippen molar-refractivity contribution in [3.8, 4) is 0 Å². The van der Waals surface area contributed by atoms with Crippen molar-refractivity contribution in [2.45, 2.75) is 19.9 Å². The van der Waals surface area contributed by atoms with Crippen LogP contribution >= 0.6 is 0 Å². The molecule has 1 aliphatic heterocycles. The molecule has 2 aromatic carbocycles. The van der Waals surface area contributed by atoms with Gasteiger partial charge in [-0.2, -0.15) is 0 Å². The van der Waals surface area contributed by atoms with Gasteiger partial charge < -0.3 is 15.5 Å². The Hall–Kier alpha value is -2.77. The fourth-order valence-corrected chi connectivity index (χ4v) is 3.68. The van der Waals surface area contributed by atoms with Gasteiger partial charge in [0.2, 0.25) is 0 Å². The Bertz CT molecular complexity index is 893. The summed E-state index contributed by atoms with van der Waals surface area (Å²) in [4.78, 5) is 29.3. The van der Waals surface area contributed by atoms with Gasteiger partial charge in [-0.1, -0.05) is 29.8 Å². The molecule has 1 fully saturated rings. The number of rotatable bonds is 5. The maximum absolute atomic E-state index is 13.4. The minimum Gasteiger partial charge on any atom is -0.346 e. The van der Waals surface area contributed by atoms with Gasteiger partial charge in [0.15, 0.2) is 0 Å². The molecule has 2 aromatic rings. The molecule has 3 rings (SSSR count). The van der Waals surface area contributed by atoms with E-state index in [1.165, 1.54) is 12.1 Å². The molecule has 0 radical (unpaired) electrons. The summed E-state index contributed by atoms with van der Waals surface area (Å²) in [6.45, 7) is 7.64. The number of hydrogen-bond acceptors (Lipinski definition) is 4. The van der Waals surface area contributed by atoms with E-state index in [9.17, 15) is 14.0 Å². The predicted octanol–water partition coefficient (Wildman–Crippen LogP) is 2.49. The summed E-state index contributed by atoms with van der Waals surface area (Å²) < 4.78 is 13.4. The second-order valence-electron chi connectivity index (χ2n) is 7.89. The number of carbonyl (C=O) groups excluding carboxylic acids is 2. The number of nitrogens with zero attached hydrogens (tertiary/aromatic N) is 2. The number of benzene rings is 2. The first-order chi connectivity index (χ1) is 14.3. The number of amides is 2. The van der Waals surface area contributed by atoms with Crippen molar-refractivity contribution in [1.29, 1.82) is 0 Å². The molecule has 1 atom stereocenters. The molecule has 1 heterocycles. The first kappa shape index (κ1) is 21.9. The topological polar surface area (TPSA) is 64.7 Å². The monoisotopic (exact) mass is 412 g/mol. The van der Waals surface area contributed by atoms with Gasteiger partial charge in [0.1, 0.15) is 5.82 Å². The zero-order valence-corrected chi connectivity index (χ0v) is 17.7. The average Bonchev–Trinajstić information content (AvgIpc) is 2.72. The summed E-state index contributed by atoms with van der Waals surface area (Å²) in [5.41, 5.74) is 3.52. The molecule has 0 aliphatic carbocycles. The fourth-order valence-electron chi connectivity index (χ4n) is 3.68. The molecule has 1 aliphatic rings. The van der Waals surface area contributed by atoms with Gasteiger partial charge in [0, 0.05) is 38.4 Å². The first-order valence-electron chi connectivity index (χ1n) is 10.2. The van der Waals surface area contributed by atoms with Gasteiger partial charge in [-0.05, 0) is 50.2 Å². The van der Waals surface area contributed by atoms with E-state index in [0.29, 0.717) is 5.69 Å². The Kier molecular flexibility index (Phi) is 7.18. The highest BCUT2D eigenvalue weighted by molar-refractivity contribution is 6.39. The molecule has 160 valence electrons. The zero-order chi connectivity index (χ0) is 21.7. The van der Waals surface area contributed by atoms with Crippen molar-refractivity contribution >= 4 is 17.5 Å². The van der Waals surface area contributed by atoms with Gasteiger partial charge in [-0.25, -0.2) is 4.39 Å². The Morgan fingerprint density at radius 3 is 2.30 bits per heavy atom. The van der Waals surface area contributed by atoms with Gasteiger partial charge >= 0.3 is 11.8 Å². The molecule has 0 aromatic heterocycles. The van der Waals surface area contributed by atoms with Crippen molar-refractivity contribution in [2.24, 2.45) is 0 Å². The van der Waals surface area contributed by atoms with Crippen molar-refractivity contribution in [2.75, 3.05) is 45.1 Å². The molecular formula is C23H29FN4O2. The van der Waals surface area contributed by atoms with E-state index < -0.39 is 11.8 Å². The summed E-state index contributed by atoms with van der Waals surface area (Å²) in [6, 6.07) is 11.8. The molecule has 7 heteroatoms. The van der Waals surface area contributed by atoms with Crippen LogP contribution in [0.5, 0.6) is 0 Å². The van der Waals surface area contributed by atoms with E-state index in [0.717, 1.165) is 42.9 Å². The van der Waals surface area contributed by atoms with Crippen LogP contribution in [0.25, 0.3) is 0 Å². The van der Waals surface area contributed by atoms with E-state index in [1.807, 2.05) is 26.0 Å². The van der Waals surface area contributed by atoms with Crippen LogP contribution in [0.4, 0.5) is 10.1 Å². The van der Waals surface area contributed by atoms with Crippen LogP contribution in [0.3, 0.4) is 0 Å². The number of carbonyl (C=O) groups is 2. The minimum absolute atomic E-state index is 0.128. The second kappa shape index (κ2) is 9.82. The Morgan fingerprint density at radius 1 is 1.00 bits per heavy atom. The lowest BCUT2D eigenvalue weighted by Gasteiger charge is -2.38. The summed E-state index contributed by atoms with van der Waals surface area (Å²) in [6.07, 6.45) is 0. The van der Waals surface area contributed by atoms with E-state index in [-0.39, 0.29) is 18.4 Å². The Balaban J connectivity index is 1.65. The third-order valence-electron chi connectivity index (χ3n) is 5.53. The molecule has 0 bridgehead atoms. The number of halogens is 1. The van der Waals surface area contributed by atoms with Crippen molar-refractivity contribution < 1.29 is 14.0 Å². The first-order valence-corrected chi connectivity index (χ1v) is 10.2. The van der Waals surface area contributed by atoms with E-state index >= 15 is 0 Å². The Labute approximate surface area is 177 Å². The Morgan fingerprint density at radius 2 is 1.67 bits per heavy atom. The smallest absolute Gasteiger partial charge is 0.313 e. The molecule has 0 spiro atoms. The molecule has 2 N–H and O–H groups in total. The lowest BCUT2D eigenvalue weighted by Crippen LogP contribution is -2.49. The predicted molar refractivity (Wildman–Crippen MR) is 116 cm³/mol. The molecule has 30 heavy (non-hydrogen) atoms. The van der Waals surface area contributed by atoms with Crippen LogP contribution in [0.2, 0.25) is 0 Å². The van der Waals surface area contributed by atoms with Crippen LogP contribution in [-0.2, 0) is 9.59 Å². The zero-order valence-electron chi connectivity index (χ0n) is 17.7. The minimum atomic E-state index is -0.696. The highest BCUT2D eigenvalue weighted by Gasteiger charge is 2.25. The van der Waals surface area contributed by atoms with Crippen molar-refractivity contribution in [1.82, 2.24) is 15.1 Å². The average molecular weight is 413 g/mol. The second-order valence-corrected chi connectivity index (χ2v) is 7.89. The van der Waals surface area contributed by atoms with Gasteiger partial charge in [0.05, 0.1) is 6.04 Å². The maximum atomic E-state index is 13.4. The normalized spacial score (nSPS) is 16.1. The van der Waals surface area contributed by atoms with Crippen LogP contribution in [0.1, 0.15) is 22.7 Å². The molecule has 1 unspecified atom stereocenters. The van der Waals surface area contributed by atoms with E-state index in [2.05, 4.69) is 27.5 Å². The highest BCUT2D eigenvalue weighted by Crippen LogP contribution is 2.22. The maximum Gasteiger partial charge on any atom is 0.313 e. The molecular weight excluding hydrogens is 383 g/mol. The lowest BCUT2D eigenvalue weighted by atomic mass is 10.0. The molecule has 1 saturated heterocycles.